The second-order valence-electron chi connectivity index (χ2n) is 15.0. The largest absolute Gasteiger partial charge is 0.493 e. The van der Waals surface area contributed by atoms with Crippen LogP contribution in [0.4, 0.5) is 5.69 Å². The number of aliphatic carboxylic acids is 1. The van der Waals surface area contributed by atoms with E-state index in [0.717, 1.165) is 68.9 Å². The van der Waals surface area contributed by atoms with E-state index < -0.39 is 11.5 Å². The molecule has 9 heteroatoms. The van der Waals surface area contributed by atoms with Gasteiger partial charge in [0.05, 0.1) is 11.6 Å². The van der Waals surface area contributed by atoms with Gasteiger partial charge >= 0.3 is 5.97 Å². The van der Waals surface area contributed by atoms with Crippen molar-refractivity contribution in [2.45, 2.75) is 102 Å². The van der Waals surface area contributed by atoms with E-state index in [1.807, 2.05) is 24.4 Å². The summed E-state index contributed by atoms with van der Waals surface area (Å²) in [5.74, 6) is 1.95. The van der Waals surface area contributed by atoms with Crippen LogP contribution in [0.3, 0.4) is 0 Å². The van der Waals surface area contributed by atoms with Crippen molar-refractivity contribution in [2.75, 3.05) is 38.2 Å². The molecule has 1 saturated carbocycles. The molecule has 0 bridgehead atoms. The van der Waals surface area contributed by atoms with Gasteiger partial charge in [-0.1, -0.05) is 57.0 Å². The van der Waals surface area contributed by atoms with Gasteiger partial charge in [-0.25, -0.2) is 4.79 Å². The lowest BCUT2D eigenvalue weighted by Crippen LogP contribution is -2.53. The van der Waals surface area contributed by atoms with Crippen LogP contribution in [0.25, 0.3) is 0 Å². The first-order valence-electron chi connectivity index (χ1n) is 18.6. The molecule has 0 aliphatic heterocycles. The van der Waals surface area contributed by atoms with Crippen LogP contribution in [-0.4, -0.2) is 59.3 Å². The zero-order chi connectivity index (χ0) is 35.5. The van der Waals surface area contributed by atoms with Gasteiger partial charge in [-0.05, 0) is 142 Å². The molecule has 1 heterocycles. The van der Waals surface area contributed by atoms with E-state index in [2.05, 4.69) is 55.0 Å². The van der Waals surface area contributed by atoms with Gasteiger partial charge in [0.1, 0.15) is 23.6 Å². The number of nitrogens with zero attached hydrogens (tertiary/aromatic N) is 2. The Balaban J connectivity index is 1.25. The second-order valence-corrected chi connectivity index (χ2v) is 15.9. The number of carboxylic acid groups (broad SMARTS) is 1. The Kier molecular flexibility index (Phi) is 11.6. The molecule has 2 N–H and O–H groups in total. The number of anilines is 1. The van der Waals surface area contributed by atoms with Crippen molar-refractivity contribution in [1.82, 2.24) is 9.88 Å². The minimum atomic E-state index is -1.08. The zero-order valence-electron chi connectivity index (χ0n) is 30.1. The lowest BCUT2D eigenvalue weighted by atomic mass is 9.59. The molecule has 1 fully saturated rings. The summed E-state index contributed by atoms with van der Waals surface area (Å²) in [6, 6.07) is 13.7. The molecule has 3 aromatic rings. The highest BCUT2D eigenvalue weighted by molar-refractivity contribution is 6.32. The summed E-state index contributed by atoms with van der Waals surface area (Å²) in [6.45, 7) is 12.9. The number of aromatic nitrogens is 1. The number of carboxylic acids is 1. The third-order valence-corrected chi connectivity index (χ3v) is 12.4. The Morgan fingerprint density at radius 1 is 1.08 bits per heavy atom. The van der Waals surface area contributed by atoms with Crippen LogP contribution in [0.5, 0.6) is 11.5 Å². The highest BCUT2D eigenvalue weighted by Gasteiger charge is 2.54. The minimum absolute atomic E-state index is 0.190. The number of likely N-dealkylation sites (N-methyl/N-ethyl adjacent to an activating group) is 1. The Bertz CT molecular complexity index is 1650. The van der Waals surface area contributed by atoms with E-state index in [4.69, 9.17) is 32.7 Å². The fraction of sp³-hybridized carbons (Fsp3) is 0.561. The molecule has 0 saturated heterocycles. The summed E-state index contributed by atoms with van der Waals surface area (Å²) < 4.78 is 12.9. The number of benzene rings is 2. The van der Waals surface area contributed by atoms with E-state index in [1.165, 1.54) is 35.2 Å². The van der Waals surface area contributed by atoms with E-state index in [9.17, 15) is 9.90 Å². The highest BCUT2D eigenvalue weighted by Crippen LogP contribution is 2.57. The van der Waals surface area contributed by atoms with Crippen molar-refractivity contribution in [2.24, 2.45) is 11.8 Å². The Morgan fingerprint density at radius 2 is 1.86 bits per heavy atom. The van der Waals surface area contributed by atoms with Crippen LogP contribution in [-0.2, 0) is 23.1 Å². The van der Waals surface area contributed by atoms with Gasteiger partial charge in [-0.3, -0.25) is 4.98 Å². The van der Waals surface area contributed by atoms with Gasteiger partial charge in [0.2, 0.25) is 0 Å². The van der Waals surface area contributed by atoms with Gasteiger partial charge in [0, 0.05) is 34.7 Å². The first kappa shape index (κ1) is 36.8. The average molecular weight is 723 g/mol. The molecular weight excluding hydrogens is 669 g/mol. The number of hydrogen-bond donors (Lipinski definition) is 2. The van der Waals surface area contributed by atoms with Crippen molar-refractivity contribution in [1.29, 1.82) is 0 Å². The van der Waals surface area contributed by atoms with Crippen molar-refractivity contribution in [3.8, 4) is 11.5 Å². The SMILES string of the molecule is CCN(CC)CCOc1cc2c(cc1Cl)CC(C[C@@H](C)COc1ccnc3c1[C@H](C)CCC3)C21CCC(Nc2cccc(Cl)c2)(C(=O)O)CC1. The van der Waals surface area contributed by atoms with Crippen molar-refractivity contribution in [3.63, 3.8) is 0 Å². The van der Waals surface area contributed by atoms with Crippen LogP contribution in [0.1, 0.15) is 101 Å². The quantitative estimate of drug-likeness (QED) is 0.172. The monoisotopic (exact) mass is 721 g/mol. The summed E-state index contributed by atoms with van der Waals surface area (Å²) in [7, 11) is 0. The molecular formula is C41H53Cl2N3O4. The topological polar surface area (TPSA) is 83.9 Å². The fourth-order valence-electron chi connectivity index (χ4n) is 9.04. The van der Waals surface area contributed by atoms with Crippen LogP contribution in [0, 0.1) is 11.8 Å². The summed E-state index contributed by atoms with van der Waals surface area (Å²) in [5.41, 5.74) is 4.46. The summed E-state index contributed by atoms with van der Waals surface area (Å²) >= 11 is 13.2. The maximum absolute atomic E-state index is 13.0. The second kappa shape index (κ2) is 15.7. The Morgan fingerprint density at radius 3 is 2.58 bits per heavy atom. The van der Waals surface area contributed by atoms with E-state index in [0.29, 0.717) is 53.9 Å². The molecule has 3 atom stereocenters. The molecule has 3 aliphatic carbocycles. The number of nitrogens with one attached hydrogen (secondary N) is 1. The summed E-state index contributed by atoms with van der Waals surface area (Å²) in [6.07, 6.45) is 9.60. The van der Waals surface area contributed by atoms with Gasteiger partial charge in [0.15, 0.2) is 0 Å². The van der Waals surface area contributed by atoms with Crippen molar-refractivity contribution < 1.29 is 19.4 Å². The molecule has 50 heavy (non-hydrogen) atoms. The van der Waals surface area contributed by atoms with Crippen LogP contribution in [0.2, 0.25) is 10.0 Å². The lowest BCUT2D eigenvalue weighted by molar-refractivity contribution is -0.144. The van der Waals surface area contributed by atoms with E-state index >= 15 is 0 Å². The molecule has 270 valence electrons. The Labute approximate surface area is 308 Å². The van der Waals surface area contributed by atoms with Crippen molar-refractivity contribution >= 4 is 34.9 Å². The number of hydrogen-bond acceptors (Lipinski definition) is 6. The van der Waals surface area contributed by atoms with Crippen molar-refractivity contribution in [3.05, 3.63) is 81.1 Å². The van der Waals surface area contributed by atoms with Crippen LogP contribution >= 0.6 is 23.2 Å². The van der Waals surface area contributed by atoms with Crippen LogP contribution < -0.4 is 14.8 Å². The normalized spacial score (nSPS) is 24.9. The van der Waals surface area contributed by atoms with Gasteiger partial charge in [0.25, 0.3) is 0 Å². The predicted molar refractivity (Wildman–Crippen MR) is 202 cm³/mol. The molecule has 0 amide bonds. The number of fused-ring (bicyclic) bond motifs is 3. The molecule has 7 nitrogen and oxygen atoms in total. The first-order valence-corrected chi connectivity index (χ1v) is 19.4. The maximum atomic E-state index is 13.0. The number of pyridine rings is 1. The smallest absolute Gasteiger partial charge is 0.329 e. The summed E-state index contributed by atoms with van der Waals surface area (Å²) in [4.78, 5) is 20.0. The molecule has 1 aromatic heterocycles. The third-order valence-electron chi connectivity index (χ3n) is 11.9. The third kappa shape index (κ3) is 7.61. The van der Waals surface area contributed by atoms with Gasteiger partial charge in [-0.2, -0.15) is 0 Å². The molecule has 0 radical (unpaired) electrons. The maximum Gasteiger partial charge on any atom is 0.329 e. The molecule has 1 unspecified atom stereocenters. The highest BCUT2D eigenvalue weighted by atomic mass is 35.5. The standard InChI is InChI=1S/C41H53Cl2N3O4/c1-5-46(6-2)19-20-49-37-25-33-29(23-34(37)43)22-30(21-27(3)26-50-36-13-18-44-35-12-7-9-28(4)38(35)36)40(33)14-16-41(17-15-40,39(47)48)45-32-11-8-10-31(42)24-32/h8,10-11,13,18,23-25,27-28,30,45H,5-7,9,12,14-17,19-22,26H2,1-4H3,(H,47,48)/t27-,28-,30?,40?,41?/m1/s1. The molecule has 3 aliphatic rings. The fourth-order valence-corrected chi connectivity index (χ4v) is 9.47. The van der Waals surface area contributed by atoms with Gasteiger partial charge in [-0.15, -0.1) is 0 Å². The average Bonchev–Trinajstić information content (AvgIpc) is 3.37. The molecule has 6 rings (SSSR count). The predicted octanol–water partition coefficient (Wildman–Crippen LogP) is 9.57. The number of ether oxygens (including phenoxy) is 2. The zero-order valence-corrected chi connectivity index (χ0v) is 31.6. The number of rotatable bonds is 14. The minimum Gasteiger partial charge on any atom is -0.493 e. The Hall–Kier alpha value is -3.00. The number of carbonyl (C=O) groups is 1. The summed E-state index contributed by atoms with van der Waals surface area (Å²) in [5, 5.41) is 15.3. The molecule has 1 spiro atoms. The molecule has 2 aromatic carbocycles. The first-order chi connectivity index (χ1) is 24.1. The lowest BCUT2D eigenvalue weighted by Gasteiger charge is -2.47. The van der Waals surface area contributed by atoms with Crippen LogP contribution in [0.15, 0.2) is 48.7 Å². The number of halogens is 2. The van der Waals surface area contributed by atoms with Gasteiger partial charge < -0.3 is 24.8 Å². The number of aryl methyl sites for hydroxylation is 1. The van der Waals surface area contributed by atoms with E-state index in [1.54, 1.807) is 12.1 Å². The van der Waals surface area contributed by atoms with E-state index in [-0.39, 0.29) is 5.41 Å².